The number of halogens is 1. The molecule has 1 N–H and O–H groups in total. The van der Waals surface area contributed by atoms with Crippen LogP contribution in [0, 0.1) is 0 Å². The predicted molar refractivity (Wildman–Crippen MR) is 106 cm³/mol. The van der Waals surface area contributed by atoms with Crippen LogP contribution in [0.4, 0.5) is 0 Å². The molecule has 0 radical (unpaired) electrons. The van der Waals surface area contributed by atoms with E-state index in [1.807, 2.05) is 0 Å². The second kappa shape index (κ2) is 10.0. The molecule has 1 fully saturated rings. The fourth-order valence-corrected chi connectivity index (χ4v) is 4.77. The number of carbonyl (C=O) groups excluding carboxylic acids is 2. The Labute approximate surface area is 170 Å². The van der Waals surface area contributed by atoms with E-state index in [9.17, 15) is 18.0 Å². The first kappa shape index (κ1) is 22.4. The van der Waals surface area contributed by atoms with Crippen LogP contribution in [-0.4, -0.2) is 50.3 Å². The first-order chi connectivity index (χ1) is 13.3. The number of benzene rings is 1. The van der Waals surface area contributed by atoms with E-state index in [0.717, 1.165) is 17.1 Å². The Kier molecular flexibility index (Phi) is 8.03. The maximum absolute atomic E-state index is 13.3. The van der Waals surface area contributed by atoms with E-state index in [2.05, 4.69) is 5.32 Å². The normalized spacial score (nSPS) is 18.5. The molecule has 1 amide bonds. The van der Waals surface area contributed by atoms with E-state index in [1.165, 1.54) is 30.3 Å². The van der Waals surface area contributed by atoms with Crippen LogP contribution in [0.3, 0.4) is 0 Å². The third kappa shape index (κ3) is 5.80. The van der Waals surface area contributed by atoms with Crippen LogP contribution in [-0.2, 0) is 24.3 Å². The van der Waals surface area contributed by atoms with E-state index in [0.29, 0.717) is 23.6 Å². The van der Waals surface area contributed by atoms with Crippen molar-refractivity contribution >= 4 is 33.5 Å². The first-order valence-corrected chi connectivity index (χ1v) is 11.0. The van der Waals surface area contributed by atoms with Gasteiger partial charge in [0, 0.05) is 24.2 Å². The Morgan fingerprint density at radius 3 is 2.64 bits per heavy atom. The Morgan fingerprint density at radius 1 is 1.32 bits per heavy atom. The summed E-state index contributed by atoms with van der Waals surface area (Å²) in [4.78, 5) is 24.3. The number of esters is 1. The standard InChI is InChI=1S/C19H25ClN2O5S/c1-3-27-18(23)12-14(2)13-22(17-6-4-5-11-21-19(17)24)28(25,26)16-9-7-15(20)8-10-16/h7-10,12,17H,3-6,11,13H2,1-2H3,(H,21,24)/t17-/m1/s1. The summed E-state index contributed by atoms with van der Waals surface area (Å²) in [5.74, 6) is -0.881. The van der Waals surface area contributed by atoms with Crippen molar-refractivity contribution in [2.24, 2.45) is 0 Å². The number of nitrogens with zero attached hydrogens (tertiary/aromatic N) is 1. The minimum atomic E-state index is -3.99. The van der Waals surface area contributed by atoms with Gasteiger partial charge in [0.25, 0.3) is 0 Å². The lowest BCUT2D eigenvalue weighted by Crippen LogP contribution is -2.49. The molecule has 28 heavy (non-hydrogen) atoms. The summed E-state index contributed by atoms with van der Waals surface area (Å²) in [7, 11) is -3.99. The van der Waals surface area contributed by atoms with Crippen molar-refractivity contribution in [2.75, 3.05) is 19.7 Å². The lowest BCUT2D eigenvalue weighted by atomic mass is 10.1. The molecule has 1 aliphatic heterocycles. The van der Waals surface area contributed by atoms with Gasteiger partial charge in [-0.3, -0.25) is 4.79 Å². The Balaban J connectivity index is 2.41. The fourth-order valence-electron chi connectivity index (χ4n) is 2.98. The number of sulfonamides is 1. The van der Waals surface area contributed by atoms with Crippen LogP contribution in [0.1, 0.15) is 33.1 Å². The lowest BCUT2D eigenvalue weighted by molar-refractivity contribution is -0.137. The summed E-state index contributed by atoms with van der Waals surface area (Å²) in [6.45, 7) is 3.97. The molecule has 1 saturated heterocycles. The zero-order valence-electron chi connectivity index (χ0n) is 16.0. The van der Waals surface area contributed by atoms with Crippen molar-refractivity contribution in [3.05, 3.63) is 40.9 Å². The molecule has 1 aromatic rings. The van der Waals surface area contributed by atoms with E-state index in [-0.39, 0.29) is 24.0 Å². The molecule has 9 heteroatoms. The zero-order chi connectivity index (χ0) is 20.7. The molecule has 0 spiro atoms. The second-order valence-electron chi connectivity index (χ2n) is 6.55. The number of nitrogens with one attached hydrogen (secondary N) is 1. The van der Waals surface area contributed by atoms with E-state index in [4.69, 9.17) is 16.3 Å². The summed E-state index contributed by atoms with van der Waals surface area (Å²) in [5, 5.41) is 3.18. The molecule has 0 aromatic heterocycles. The number of rotatable bonds is 7. The Morgan fingerprint density at radius 2 is 2.00 bits per heavy atom. The van der Waals surface area contributed by atoms with Crippen molar-refractivity contribution in [1.82, 2.24) is 9.62 Å². The average Bonchev–Trinajstić information content (AvgIpc) is 2.84. The molecule has 1 aromatic carbocycles. The lowest BCUT2D eigenvalue weighted by Gasteiger charge is -2.29. The fraction of sp³-hybridized carbons (Fsp3) is 0.474. The minimum Gasteiger partial charge on any atom is -0.463 e. The first-order valence-electron chi connectivity index (χ1n) is 9.14. The molecule has 1 atom stereocenters. The van der Waals surface area contributed by atoms with Crippen LogP contribution in [0.5, 0.6) is 0 Å². The highest BCUT2D eigenvalue weighted by Gasteiger charge is 2.36. The average molecular weight is 429 g/mol. The summed E-state index contributed by atoms with van der Waals surface area (Å²) < 4.78 is 32.7. The van der Waals surface area contributed by atoms with Gasteiger partial charge in [-0.25, -0.2) is 13.2 Å². The van der Waals surface area contributed by atoms with Gasteiger partial charge in [-0.05, 0) is 57.4 Å². The van der Waals surface area contributed by atoms with Crippen LogP contribution in [0.15, 0.2) is 40.8 Å². The van der Waals surface area contributed by atoms with Crippen LogP contribution < -0.4 is 5.32 Å². The van der Waals surface area contributed by atoms with E-state index < -0.39 is 22.0 Å². The number of hydrogen-bond donors (Lipinski definition) is 1. The Hall–Kier alpha value is -1.90. The molecule has 154 valence electrons. The molecule has 1 aliphatic rings. The van der Waals surface area contributed by atoms with Gasteiger partial charge in [-0.1, -0.05) is 17.2 Å². The minimum absolute atomic E-state index is 0.0397. The van der Waals surface area contributed by atoms with Gasteiger partial charge in [0.2, 0.25) is 15.9 Å². The van der Waals surface area contributed by atoms with E-state index in [1.54, 1.807) is 13.8 Å². The number of ether oxygens (including phenoxy) is 1. The summed E-state index contributed by atoms with van der Waals surface area (Å²) in [6.07, 6.45) is 3.17. The van der Waals surface area contributed by atoms with Crippen molar-refractivity contribution < 1.29 is 22.7 Å². The molecule has 1 heterocycles. The molecule has 0 saturated carbocycles. The molecule has 0 bridgehead atoms. The Bertz CT molecular complexity index is 836. The van der Waals surface area contributed by atoms with Gasteiger partial charge >= 0.3 is 5.97 Å². The summed E-state index contributed by atoms with van der Waals surface area (Å²) in [6, 6.07) is 4.93. The van der Waals surface area contributed by atoms with Crippen LogP contribution in [0.25, 0.3) is 0 Å². The highest BCUT2D eigenvalue weighted by Crippen LogP contribution is 2.24. The highest BCUT2D eigenvalue weighted by atomic mass is 35.5. The number of hydrogen-bond acceptors (Lipinski definition) is 5. The summed E-state index contributed by atoms with van der Waals surface area (Å²) in [5.41, 5.74) is 0.480. The SMILES string of the molecule is CCOC(=O)C=C(C)CN([C@@H]1CCCCNC1=O)S(=O)(=O)c1ccc(Cl)cc1. The largest absolute Gasteiger partial charge is 0.463 e. The quantitative estimate of drug-likeness (QED) is 0.532. The number of amides is 1. The topological polar surface area (TPSA) is 92.8 Å². The second-order valence-corrected chi connectivity index (χ2v) is 8.88. The van der Waals surface area contributed by atoms with Crippen molar-refractivity contribution in [3.8, 4) is 0 Å². The van der Waals surface area contributed by atoms with Crippen molar-refractivity contribution in [3.63, 3.8) is 0 Å². The van der Waals surface area contributed by atoms with Gasteiger partial charge in [0.1, 0.15) is 6.04 Å². The van der Waals surface area contributed by atoms with Crippen molar-refractivity contribution in [2.45, 2.75) is 44.0 Å². The van der Waals surface area contributed by atoms with Crippen molar-refractivity contribution in [1.29, 1.82) is 0 Å². The van der Waals surface area contributed by atoms with Gasteiger partial charge in [0.15, 0.2) is 0 Å². The molecule has 7 nitrogen and oxygen atoms in total. The van der Waals surface area contributed by atoms with Gasteiger partial charge in [-0.2, -0.15) is 4.31 Å². The number of carbonyl (C=O) groups is 2. The maximum Gasteiger partial charge on any atom is 0.330 e. The molecular formula is C19H25ClN2O5S. The third-order valence-electron chi connectivity index (χ3n) is 4.33. The van der Waals surface area contributed by atoms with E-state index >= 15 is 0 Å². The van der Waals surface area contributed by atoms with Crippen LogP contribution in [0.2, 0.25) is 5.02 Å². The smallest absolute Gasteiger partial charge is 0.330 e. The van der Waals surface area contributed by atoms with Gasteiger partial charge < -0.3 is 10.1 Å². The highest BCUT2D eigenvalue weighted by molar-refractivity contribution is 7.89. The predicted octanol–water partition coefficient (Wildman–Crippen LogP) is 2.51. The summed E-state index contributed by atoms with van der Waals surface area (Å²) >= 11 is 5.87. The van der Waals surface area contributed by atoms with Gasteiger partial charge in [0.05, 0.1) is 11.5 Å². The zero-order valence-corrected chi connectivity index (χ0v) is 17.6. The molecule has 2 rings (SSSR count). The monoisotopic (exact) mass is 428 g/mol. The molecular weight excluding hydrogens is 404 g/mol. The maximum atomic E-state index is 13.3. The third-order valence-corrected chi connectivity index (χ3v) is 6.45. The molecule has 0 unspecified atom stereocenters. The molecule has 0 aliphatic carbocycles. The van der Waals surface area contributed by atoms with Crippen LogP contribution >= 0.6 is 11.6 Å². The van der Waals surface area contributed by atoms with Gasteiger partial charge in [-0.15, -0.1) is 0 Å².